The third kappa shape index (κ3) is 9.68. The van der Waals surface area contributed by atoms with Crippen LogP contribution in [0.1, 0.15) is 81.1 Å². The molecule has 1 amide bonds. The molecule has 58 heavy (non-hydrogen) atoms. The zero-order chi connectivity index (χ0) is 42.7. The summed E-state index contributed by atoms with van der Waals surface area (Å²) in [6.07, 6.45) is -0.724. The smallest absolute Gasteiger partial charge is 0.410 e. The average Bonchev–Trinajstić information content (AvgIpc) is 3.76. The highest BCUT2D eigenvalue weighted by molar-refractivity contribution is 6.00. The summed E-state index contributed by atoms with van der Waals surface area (Å²) in [5.74, 6) is -3.19. The van der Waals surface area contributed by atoms with Crippen molar-refractivity contribution in [1.29, 1.82) is 0 Å². The van der Waals surface area contributed by atoms with Gasteiger partial charge >= 0.3 is 12.1 Å². The van der Waals surface area contributed by atoms with E-state index in [-0.39, 0.29) is 24.1 Å². The molecule has 3 saturated heterocycles. The Morgan fingerprint density at radius 2 is 1.83 bits per heavy atom. The van der Waals surface area contributed by atoms with Gasteiger partial charge in [-0.2, -0.15) is 0 Å². The number of methoxy groups -OCH3 is 1. The summed E-state index contributed by atoms with van der Waals surface area (Å²) in [7, 11) is 5.38. The number of amides is 1. The lowest BCUT2D eigenvalue weighted by Gasteiger charge is -2.46. The van der Waals surface area contributed by atoms with E-state index in [0.29, 0.717) is 56.7 Å². The molecule has 5 rings (SSSR count). The molecule has 1 aromatic carbocycles. The van der Waals surface area contributed by atoms with Gasteiger partial charge in [-0.1, -0.05) is 38.1 Å². The Kier molecular flexibility index (Phi) is 14.7. The number of Topliss-reactive ketones (excluding diaryl/α,β-unsaturated/α-hetero) is 1. The van der Waals surface area contributed by atoms with Crippen molar-refractivity contribution >= 4 is 23.5 Å². The van der Waals surface area contributed by atoms with Crippen LogP contribution in [0.3, 0.4) is 0 Å². The number of aryl methyl sites for hydroxylation is 1. The quantitative estimate of drug-likeness (QED) is 0.178. The summed E-state index contributed by atoms with van der Waals surface area (Å²) < 4.78 is 33.2. The second kappa shape index (κ2) is 18.7. The molecule has 3 aliphatic rings. The monoisotopic (exact) mass is 814 g/mol. The van der Waals surface area contributed by atoms with Crippen LogP contribution in [0.15, 0.2) is 30.5 Å². The highest BCUT2D eigenvalue weighted by Crippen LogP contribution is 2.40. The van der Waals surface area contributed by atoms with Crippen molar-refractivity contribution in [2.24, 2.45) is 17.8 Å². The number of hydrogen-bond acceptors (Lipinski definition) is 14. The average molecular weight is 814 g/mol. The van der Waals surface area contributed by atoms with Gasteiger partial charge in [0.2, 0.25) is 0 Å². The third-order valence-corrected chi connectivity index (χ3v) is 12.6. The van der Waals surface area contributed by atoms with E-state index in [1.54, 1.807) is 23.6 Å². The summed E-state index contributed by atoms with van der Waals surface area (Å²) in [5, 5.41) is 23.7. The number of cyclic esters (lactones) is 1. The number of nitrogen functional groups attached to an aromatic ring is 1. The summed E-state index contributed by atoms with van der Waals surface area (Å²) in [4.78, 5) is 45.9. The van der Waals surface area contributed by atoms with Crippen molar-refractivity contribution < 1.29 is 43.2 Å². The predicted octanol–water partition coefficient (Wildman–Crippen LogP) is 3.89. The Labute approximate surface area is 343 Å². The maximum atomic E-state index is 14.4. The number of nitrogens with two attached hydrogens (primary N) is 1. The summed E-state index contributed by atoms with van der Waals surface area (Å²) in [5.41, 5.74) is 5.86. The normalized spacial score (nSPS) is 36.9. The lowest BCUT2D eigenvalue weighted by molar-refractivity contribution is -0.295. The zero-order valence-corrected chi connectivity index (χ0v) is 36.2. The second-order valence-electron chi connectivity index (χ2n) is 17.4. The Morgan fingerprint density at radius 1 is 1.10 bits per heavy atom. The second-order valence-corrected chi connectivity index (χ2v) is 17.4. The number of rotatable bonds is 10. The van der Waals surface area contributed by atoms with Crippen molar-refractivity contribution in [3.05, 3.63) is 30.5 Å². The van der Waals surface area contributed by atoms with Gasteiger partial charge in [0.1, 0.15) is 23.8 Å². The topological polar surface area (TPSA) is 193 Å². The molecule has 4 N–H and O–H groups in total. The Morgan fingerprint density at radius 3 is 2.48 bits per heavy atom. The van der Waals surface area contributed by atoms with Crippen molar-refractivity contribution in [1.82, 2.24) is 30.1 Å². The third-order valence-electron chi connectivity index (χ3n) is 12.6. The van der Waals surface area contributed by atoms with Gasteiger partial charge in [0.15, 0.2) is 17.7 Å². The van der Waals surface area contributed by atoms with E-state index in [0.717, 1.165) is 5.56 Å². The molecule has 3 unspecified atom stereocenters. The fourth-order valence-electron chi connectivity index (χ4n) is 9.30. The first-order valence-electron chi connectivity index (χ1n) is 20.8. The molecular formula is C42H67N7O9. The van der Waals surface area contributed by atoms with Crippen molar-refractivity contribution in [2.75, 3.05) is 40.0 Å². The largest absolute Gasteiger partial charge is 0.458 e. The van der Waals surface area contributed by atoms with Gasteiger partial charge in [0.25, 0.3) is 0 Å². The van der Waals surface area contributed by atoms with E-state index in [4.69, 9.17) is 29.4 Å². The Balaban J connectivity index is 1.41. The molecule has 0 bridgehead atoms. The fraction of sp³-hybridized carbons (Fsp3) is 0.738. The van der Waals surface area contributed by atoms with Crippen molar-refractivity contribution in [2.45, 2.75) is 148 Å². The predicted molar refractivity (Wildman–Crippen MR) is 217 cm³/mol. The van der Waals surface area contributed by atoms with Crippen LogP contribution in [-0.4, -0.2) is 142 Å². The number of benzene rings is 1. The number of ether oxygens (including phenoxy) is 5. The number of esters is 1. The van der Waals surface area contributed by atoms with Crippen LogP contribution in [0.4, 0.5) is 10.5 Å². The highest BCUT2D eigenvalue weighted by atomic mass is 16.7. The molecule has 3 fully saturated rings. The van der Waals surface area contributed by atoms with Gasteiger partial charge in [0.05, 0.1) is 30.0 Å². The molecule has 13 atom stereocenters. The fourth-order valence-corrected chi connectivity index (χ4v) is 9.30. The molecule has 16 heteroatoms. The first-order valence-corrected chi connectivity index (χ1v) is 20.8. The zero-order valence-electron chi connectivity index (χ0n) is 36.2. The van der Waals surface area contributed by atoms with E-state index in [1.165, 1.54) is 6.92 Å². The number of fused-ring (bicyclic) bond motifs is 1. The molecule has 16 nitrogen and oxygen atoms in total. The van der Waals surface area contributed by atoms with Crippen molar-refractivity contribution in [3.8, 4) is 11.3 Å². The van der Waals surface area contributed by atoms with Crippen LogP contribution in [0, 0.1) is 17.8 Å². The van der Waals surface area contributed by atoms with Crippen LogP contribution in [-0.2, 0) is 39.8 Å². The van der Waals surface area contributed by atoms with E-state index >= 15 is 0 Å². The number of carbonyl (C=O) groups is 3. The number of aliphatic hydroxyl groups excluding tert-OH is 1. The first kappa shape index (κ1) is 45.4. The molecule has 4 heterocycles. The van der Waals surface area contributed by atoms with Crippen LogP contribution in [0.2, 0.25) is 0 Å². The Hall–Kier alpha value is -3.67. The molecule has 0 saturated carbocycles. The Bertz CT molecular complexity index is 1730. The van der Waals surface area contributed by atoms with Gasteiger partial charge < -0.3 is 44.7 Å². The summed E-state index contributed by atoms with van der Waals surface area (Å²) >= 11 is 0. The van der Waals surface area contributed by atoms with Gasteiger partial charge in [0, 0.05) is 49.5 Å². The van der Waals surface area contributed by atoms with Crippen LogP contribution in [0.5, 0.6) is 0 Å². The minimum absolute atomic E-state index is 0.0203. The van der Waals surface area contributed by atoms with E-state index < -0.39 is 71.5 Å². The lowest BCUT2D eigenvalue weighted by atomic mass is 9.78. The molecule has 324 valence electrons. The minimum Gasteiger partial charge on any atom is -0.458 e. The lowest BCUT2D eigenvalue weighted by Crippen LogP contribution is -2.61. The van der Waals surface area contributed by atoms with Crippen molar-refractivity contribution in [3.63, 3.8) is 0 Å². The number of carbonyl (C=O) groups excluding carboxylic acids is 3. The molecule has 0 aliphatic carbocycles. The number of nitrogens with zero attached hydrogens (tertiary/aromatic N) is 5. The highest BCUT2D eigenvalue weighted by Gasteiger charge is 2.58. The molecule has 0 spiro atoms. The van der Waals surface area contributed by atoms with E-state index in [1.807, 2.05) is 84.1 Å². The molecule has 1 aromatic heterocycles. The van der Waals surface area contributed by atoms with Gasteiger partial charge in [-0.15, -0.1) is 5.10 Å². The van der Waals surface area contributed by atoms with Gasteiger partial charge in [-0.3, -0.25) is 19.2 Å². The number of hydrogen-bond donors (Lipinski definition) is 3. The first-order chi connectivity index (χ1) is 27.3. The number of aliphatic hydroxyl groups is 1. The summed E-state index contributed by atoms with van der Waals surface area (Å²) in [6, 6.07) is 6.36. The number of likely N-dealkylation sites (N-methyl/N-ethyl adjacent to an activating group) is 1. The van der Waals surface area contributed by atoms with Crippen LogP contribution < -0.4 is 11.1 Å². The standard InChI is InChI=1S/C42H67N7O9/c1-12-33-42(8)36(49(40(53)58-42)18-14-17-48-23-31(45-46-48)29-15-13-16-30(43)20-29)28(6)44-22-24(2)21-41(7,54-11)37(26(4)34(50)27(5)38(52)56-33)57-39-35(51)32(47(9)10)19-25(3)55-39/h13,15-16,20,23-28,32-33,35-37,39,44,51H,12,14,17-19,21-22,43H2,1-11H3/t24-,25?,26-,27-,28-,32?,33-,35?,36-,37-,39+,41-,42-/m1/s1. The number of aromatic nitrogens is 3. The van der Waals surface area contributed by atoms with Crippen LogP contribution >= 0.6 is 0 Å². The van der Waals surface area contributed by atoms with Gasteiger partial charge in [-0.25, -0.2) is 4.79 Å². The van der Waals surface area contributed by atoms with Gasteiger partial charge in [-0.05, 0) is 99.0 Å². The number of nitrogens with one attached hydrogen (secondary N) is 1. The van der Waals surface area contributed by atoms with E-state index in [2.05, 4.69) is 22.6 Å². The van der Waals surface area contributed by atoms with Crippen LogP contribution in [0.25, 0.3) is 11.3 Å². The summed E-state index contributed by atoms with van der Waals surface area (Å²) in [6.45, 7) is 16.2. The molecule has 2 aromatic rings. The maximum absolute atomic E-state index is 14.4. The maximum Gasteiger partial charge on any atom is 0.410 e. The molecule has 0 radical (unpaired) electrons. The number of anilines is 1. The molecule has 3 aliphatic heterocycles. The molecular weight excluding hydrogens is 747 g/mol. The minimum atomic E-state index is -1.25. The van der Waals surface area contributed by atoms with E-state index in [9.17, 15) is 19.5 Å². The SMILES string of the molecule is CC[C@H]1OC(=O)[C@H](C)C(=O)[C@@H](C)[C@@H](O[C@@H]2OC(C)CC(N(C)C)C2O)[C@](C)(OC)C[C@@H](C)CN[C@H](C)[C@H]2N(CCCn3cc(-c4cccc(N)c4)nn3)C(=O)O[C@]12C. The number of ketones is 1.